The van der Waals surface area contributed by atoms with Gasteiger partial charge in [-0.05, 0) is 33.7 Å². The molecule has 0 saturated carbocycles. The largest absolute Gasteiger partial charge is 0.481 e. The minimum Gasteiger partial charge on any atom is -0.481 e. The average molecular weight is 284 g/mol. The molecule has 2 saturated heterocycles. The van der Waals surface area contributed by atoms with Gasteiger partial charge >= 0.3 is 5.97 Å². The Labute approximate surface area is 119 Å². The first-order valence-corrected chi connectivity index (χ1v) is 7.28. The first kappa shape index (κ1) is 15.3. The lowest BCUT2D eigenvalue weighted by atomic mass is 10.0. The molecule has 0 aromatic heterocycles. The maximum absolute atomic E-state index is 12.3. The second-order valence-electron chi connectivity index (χ2n) is 6.00. The van der Waals surface area contributed by atoms with Gasteiger partial charge in [-0.2, -0.15) is 0 Å². The Morgan fingerprint density at radius 2 is 1.80 bits per heavy atom. The molecule has 2 aliphatic rings. The first-order valence-electron chi connectivity index (χ1n) is 7.28. The number of likely N-dealkylation sites (tertiary alicyclic amines) is 1. The maximum Gasteiger partial charge on any atom is 0.308 e. The van der Waals surface area contributed by atoms with E-state index in [1.54, 1.807) is 0 Å². The standard InChI is InChI=1S/C14H24N2O4/c1-9-6-16(7-10(2)20-9)13(17)8-15-5-4-12(11(15)3)14(18)19/h9-12H,4-8H2,1-3H3,(H,18,19). The second kappa shape index (κ2) is 6.10. The number of carboxylic acid groups (broad SMARTS) is 1. The summed E-state index contributed by atoms with van der Waals surface area (Å²) in [5, 5.41) is 9.12. The van der Waals surface area contributed by atoms with Crippen LogP contribution in [0.4, 0.5) is 0 Å². The van der Waals surface area contributed by atoms with E-state index in [4.69, 9.17) is 9.84 Å². The van der Waals surface area contributed by atoms with Crippen LogP contribution in [0.2, 0.25) is 0 Å². The van der Waals surface area contributed by atoms with Crippen LogP contribution in [0.5, 0.6) is 0 Å². The number of carboxylic acids is 1. The van der Waals surface area contributed by atoms with Crippen molar-refractivity contribution in [2.45, 2.75) is 45.4 Å². The lowest BCUT2D eigenvalue weighted by molar-refractivity contribution is -0.146. The quantitative estimate of drug-likeness (QED) is 0.813. The monoisotopic (exact) mass is 284 g/mol. The highest BCUT2D eigenvalue weighted by molar-refractivity contribution is 5.79. The topological polar surface area (TPSA) is 70.1 Å². The van der Waals surface area contributed by atoms with E-state index in [0.717, 1.165) is 0 Å². The van der Waals surface area contributed by atoms with E-state index in [-0.39, 0.29) is 30.1 Å². The summed E-state index contributed by atoms with van der Waals surface area (Å²) >= 11 is 0. The molecule has 4 unspecified atom stereocenters. The van der Waals surface area contributed by atoms with Gasteiger partial charge in [0.2, 0.25) is 5.91 Å². The number of carbonyl (C=O) groups excluding carboxylic acids is 1. The van der Waals surface area contributed by atoms with E-state index in [1.807, 2.05) is 30.6 Å². The highest BCUT2D eigenvalue weighted by Crippen LogP contribution is 2.24. The van der Waals surface area contributed by atoms with Gasteiger partial charge in [-0.25, -0.2) is 0 Å². The summed E-state index contributed by atoms with van der Waals surface area (Å²) < 4.78 is 5.62. The Hall–Kier alpha value is -1.14. The van der Waals surface area contributed by atoms with Crippen molar-refractivity contribution in [2.24, 2.45) is 5.92 Å². The Balaban J connectivity index is 1.90. The Morgan fingerprint density at radius 1 is 1.20 bits per heavy atom. The molecule has 0 aromatic rings. The third-order valence-electron chi connectivity index (χ3n) is 4.31. The molecule has 4 atom stereocenters. The fourth-order valence-electron chi connectivity index (χ4n) is 3.21. The van der Waals surface area contributed by atoms with Gasteiger partial charge in [0.25, 0.3) is 0 Å². The van der Waals surface area contributed by atoms with Crippen LogP contribution in [0, 0.1) is 5.92 Å². The zero-order valence-corrected chi connectivity index (χ0v) is 12.4. The fraction of sp³-hybridized carbons (Fsp3) is 0.857. The molecule has 20 heavy (non-hydrogen) atoms. The highest BCUT2D eigenvalue weighted by Gasteiger charge is 2.37. The number of hydrogen-bond acceptors (Lipinski definition) is 4. The zero-order chi connectivity index (χ0) is 14.9. The number of ether oxygens (including phenoxy) is 1. The summed E-state index contributed by atoms with van der Waals surface area (Å²) in [4.78, 5) is 27.3. The van der Waals surface area contributed by atoms with E-state index >= 15 is 0 Å². The number of carbonyl (C=O) groups is 2. The van der Waals surface area contributed by atoms with Crippen molar-refractivity contribution in [1.82, 2.24) is 9.80 Å². The Kier molecular flexibility index (Phi) is 4.65. The van der Waals surface area contributed by atoms with E-state index in [1.165, 1.54) is 0 Å². The van der Waals surface area contributed by atoms with E-state index in [0.29, 0.717) is 32.6 Å². The lowest BCUT2D eigenvalue weighted by Gasteiger charge is -2.36. The number of aliphatic carboxylic acids is 1. The van der Waals surface area contributed by atoms with E-state index < -0.39 is 5.97 Å². The van der Waals surface area contributed by atoms with Gasteiger partial charge in [0.15, 0.2) is 0 Å². The van der Waals surface area contributed by atoms with Crippen molar-refractivity contribution in [1.29, 1.82) is 0 Å². The Morgan fingerprint density at radius 3 is 2.30 bits per heavy atom. The molecule has 1 amide bonds. The molecule has 2 rings (SSSR count). The van der Waals surface area contributed by atoms with Crippen LogP contribution in [0.25, 0.3) is 0 Å². The SMILES string of the molecule is CC1CN(C(=O)CN2CCC(C(=O)O)C2C)CC(C)O1. The molecule has 6 nitrogen and oxygen atoms in total. The fourth-order valence-corrected chi connectivity index (χ4v) is 3.21. The van der Waals surface area contributed by atoms with Gasteiger partial charge < -0.3 is 14.7 Å². The van der Waals surface area contributed by atoms with Gasteiger partial charge in [0.05, 0.1) is 24.7 Å². The van der Waals surface area contributed by atoms with Crippen LogP contribution < -0.4 is 0 Å². The van der Waals surface area contributed by atoms with Crippen molar-refractivity contribution >= 4 is 11.9 Å². The minimum absolute atomic E-state index is 0.0606. The molecule has 0 bridgehead atoms. The van der Waals surface area contributed by atoms with Gasteiger partial charge in [-0.3, -0.25) is 14.5 Å². The second-order valence-corrected chi connectivity index (χ2v) is 6.00. The van der Waals surface area contributed by atoms with Gasteiger partial charge in [-0.15, -0.1) is 0 Å². The molecule has 6 heteroatoms. The first-order chi connectivity index (χ1) is 9.38. The summed E-state index contributed by atoms with van der Waals surface area (Å²) in [5.41, 5.74) is 0. The third-order valence-corrected chi connectivity index (χ3v) is 4.31. The van der Waals surface area contributed by atoms with Crippen molar-refractivity contribution in [3.05, 3.63) is 0 Å². The average Bonchev–Trinajstić information content (AvgIpc) is 2.70. The maximum atomic E-state index is 12.3. The van der Waals surface area contributed by atoms with Crippen molar-refractivity contribution < 1.29 is 19.4 Å². The van der Waals surface area contributed by atoms with Gasteiger partial charge in [-0.1, -0.05) is 0 Å². The molecule has 0 aromatic carbocycles. The normalized spacial score (nSPS) is 35.2. The van der Waals surface area contributed by atoms with Crippen LogP contribution in [-0.2, 0) is 14.3 Å². The van der Waals surface area contributed by atoms with Crippen LogP contribution >= 0.6 is 0 Å². The van der Waals surface area contributed by atoms with Crippen LogP contribution in [0.15, 0.2) is 0 Å². The molecule has 0 spiro atoms. The number of nitrogens with zero attached hydrogens (tertiary/aromatic N) is 2. The van der Waals surface area contributed by atoms with Gasteiger partial charge in [0, 0.05) is 19.1 Å². The number of rotatable bonds is 3. The Bertz CT molecular complexity index is 377. The highest BCUT2D eigenvalue weighted by atomic mass is 16.5. The summed E-state index contributed by atoms with van der Waals surface area (Å²) in [7, 11) is 0. The smallest absolute Gasteiger partial charge is 0.308 e. The molecule has 0 aliphatic carbocycles. The number of amides is 1. The van der Waals surface area contributed by atoms with Crippen molar-refractivity contribution in [2.75, 3.05) is 26.2 Å². The molecular formula is C14H24N2O4. The molecule has 114 valence electrons. The molecule has 2 aliphatic heterocycles. The summed E-state index contributed by atoms with van der Waals surface area (Å²) in [5.74, 6) is -1.05. The van der Waals surface area contributed by atoms with Crippen LogP contribution in [0.1, 0.15) is 27.2 Å². The molecule has 2 heterocycles. The molecular weight excluding hydrogens is 260 g/mol. The van der Waals surface area contributed by atoms with Crippen molar-refractivity contribution in [3.63, 3.8) is 0 Å². The zero-order valence-electron chi connectivity index (χ0n) is 12.4. The predicted molar refractivity (Wildman–Crippen MR) is 73.4 cm³/mol. The number of morpholine rings is 1. The number of hydrogen-bond donors (Lipinski definition) is 1. The summed E-state index contributed by atoms with van der Waals surface area (Å²) in [6.45, 7) is 8.05. The molecule has 0 radical (unpaired) electrons. The van der Waals surface area contributed by atoms with Crippen molar-refractivity contribution in [3.8, 4) is 0 Å². The van der Waals surface area contributed by atoms with E-state index in [9.17, 15) is 9.59 Å². The van der Waals surface area contributed by atoms with Gasteiger partial charge in [0.1, 0.15) is 0 Å². The predicted octanol–water partition coefficient (Wildman–Crippen LogP) is 0.417. The molecule has 1 N–H and O–H groups in total. The summed E-state index contributed by atoms with van der Waals surface area (Å²) in [6.07, 6.45) is 0.746. The van der Waals surface area contributed by atoms with E-state index in [2.05, 4.69) is 0 Å². The minimum atomic E-state index is -0.763. The van der Waals surface area contributed by atoms with Crippen LogP contribution in [-0.4, -0.2) is 71.2 Å². The third kappa shape index (κ3) is 3.30. The molecule has 2 fully saturated rings. The van der Waals surface area contributed by atoms with Crippen LogP contribution in [0.3, 0.4) is 0 Å². The lowest BCUT2D eigenvalue weighted by Crippen LogP contribution is -2.51. The summed E-state index contributed by atoms with van der Waals surface area (Å²) in [6, 6.07) is -0.0765.